The largest absolute Gasteiger partial charge is 0.493 e. The molecule has 1 aromatic carbocycles. The number of carbonyl (C=O) groups is 2. The monoisotopic (exact) mass is 396 g/mol. The van der Waals surface area contributed by atoms with Crippen LogP contribution in [-0.4, -0.2) is 37.2 Å². The van der Waals surface area contributed by atoms with Gasteiger partial charge < -0.3 is 20.5 Å². The Morgan fingerprint density at radius 1 is 1.17 bits per heavy atom. The molecule has 1 saturated heterocycles. The second kappa shape index (κ2) is 7.67. The summed E-state index contributed by atoms with van der Waals surface area (Å²) in [5, 5.41) is 3.11. The molecule has 3 aliphatic rings. The molecule has 4 rings (SSSR count). The Balaban J connectivity index is 1.70. The van der Waals surface area contributed by atoms with Crippen LogP contribution in [0.5, 0.6) is 0 Å². The maximum Gasteiger partial charge on any atom is 0.247 e. The lowest BCUT2D eigenvalue weighted by Gasteiger charge is -2.32. The van der Waals surface area contributed by atoms with E-state index < -0.39 is 11.3 Å². The van der Waals surface area contributed by atoms with E-state index in [1.165, 1.54) is 0 Å². The zero-order chi connectivity index (χ0) is 20.6. The first-order chi connectivity index (χ1) is 13.9. The van der Waals surface area contributed by atoms with Gasteiger partial charge in [0.15, 0.2) is 0 Å². The Labute approximate surface area is 171 Å². The Hall–Kier alpha value is -2.60. The van der Waals surface area contributed by atoms with Crippen molar-refractivity contribution < 1.29 is 19.1 Å². The van der Waals surface area contributed by atoms with Crippen molar-refractivity contribution >= 4 is 11.8 Å². The number of hydrogen-bond acceptors (Lipinski definition) is 4. The fraction of sp³-hybridized carbons (Fsp3) is 0.478. The highest BCUT2D eigenvalue weighted by molar-refractivity contribution is 5.97. The summed E-state index contributed by atoms with van der Waals surface area (Å²) in [6.07, 6.45) is 3.61. The molecule has 154 valence electrons. The molecule has 0 aromatic heterocycles. The van der Waals surface area contributed by atoms with Gasteiger partial charge in [-0.3, -0.25) is 9.59 Å². The number of ether oxygens (including phenoxy) is 2. The Morgan fingerprint density at radius 2 is 1.86 bits per heavy atom. The summed E-state index contributed by atoms with van der Waals surface area (Å²) in [6, 6.07) is 10.1. The van der Waals surface area contributed by atoms with Gasteiger partial charge in [0.2, 0.25) is 11.8 Å². The quantitative estimate of drug-likeness (QED) is 0.818. The standard InChI is InChI=1S/C23H28N2O4/c1-14-19(15-6-4-3-5-7-15)18-12-16(13-23(2,22(24)27)20(18)29-14)21(26)25-17-8-10-28-11-9-17/h3-7,12,14,17,19H,8-11,13H2,1-2H3,(H2,24,27)(H,25,26). The minimum atomic E-state index is -1.04. The molecule has 1 aromatic rings. The molecule has 0 saturated carbocycles. The van der Waals surface area contributed by atoms with Gasteiger partial charge in [0.1, 0.15) is 17.3 Å². The molecule has 2 heterocycles. The van der Waals surface area contributed by atoms with E-state index in [4.69, 9.17) is 15.2 Å². The summed E-state index contributed by atoms with van der Waals surface area (Å²) in [4.78, 5) is 25.5. The van der Waals surface area contributed by atoms with Gasteiger partial charge in [0, 0.05) is 36.3 Å². The van der Waals surface area contributed by atoms with Crippen LogP contribution in [0.3, 0.4) is 0 Å². The molecular weight excluding hydrogens is 368 g/mol. The van der Waals surface area contributed by atoms with Crippen molar-refractivity contribution in [2.24, 2.45) is 11.1 Å². The van der Waals surface area contributed by atoms with Crippen molar-refractivity contribution in [3.63, 3.8) is 0 Å². The molecule has 2 amide bonds. The van der Waals surface area contributed by atoms with Crippen LogP contribution in [-0.2, 0) is 19.1 Å². The molecule has 6 heteroatoms. The maximum absolute atomic E-state index is 13.1. The van der Waals surface area contributed by atoms with Crippen molar-refractivity contribution in [3.05, 3.63) is 58.9 Å². The van der Waals surface area contributed by atoms with Crippen molar-refractivity contribution in [2.45, 2.75) is 51.2 Å². The second-order valence-corrected chi connectivity index (χ2v) is 8.40. The number of benzene rings is 1. The van der Waals surface area contributed by atoms with Gasteiger partial charge in [0.25, 0.3) is 0 Å². The molecule has 1 aliphatic carbocycles. The third kappa shape index (κ3) is 3.57. The number of hydrogen-bond donors (Lipinski definition) is 2. The first-order valence-corrected chi connectivity index (χ1v) is 10.3. The smallest absolute Gasteiger partial charge is 0.247 e. The number of nitrogens with two attached hydrogens (primary N) is 1. The lowest BCUT2D eigenvalue weighted by atomic mass is 9.72. The van der Waals surface area contributed by atoms with Crippen LogP contribution >= 0.6 is 0 Å². The highest BCUT2D eigenvalue weighted by Gasteiger charge is 2.49. The van der Waals surface area contributed by atoms with Crippen molar-refractivity contribution in [1.82, 2.24) is 5.32 Å². The molecular formula is C23H28N2O4. The van der Waals surface area contributed by atoms with E-state index >= 15 is 0 Å². The zero-order valence-electron chi connectivity index (χ0n) is 16.9. The van der Waals surface area contributed by atoms with Crippen LogP contribution in [0, 0.1) is 5.41 Å². The topological polar surface area (TPSA) is 90.7 Å². The molecule has 29 heavy (non-hydrogen) atoms. The van der Waals surface area contributed by atoms with Crippen molar-refractivity contribution in [1.29, 1.82) is 0 Å². The first-order valence-electron chi connectivity index (χ1n) is 10.3. The van der Waals surface area contributed by atoms with E-state index in [1.807, 2.05) is 43.3 Å². The summed E-state index contributed by atoms with van der Waals surface area (Å²) >= 11 is 0. The van der Waals surface area contributed by atoms with Gasteiger partial charge in [-0.15, -0.1) is 0 Å². The van der Waals surface area contributed by atoms with Gasteiger partial charge in [-0.1, -0.05) is 30.3 Å². The molecule has 0 bridgehead atoms. The van der Waals surface area contributed by atoms with E-state index in [0.29, 0.717) is 24.5 Å². The zero-order valence-corrected chi connectivity index (χ0v) is 16.9. The van der Waals surface area contributed by atoms with E-state index in [1.54, 1.807) is 6.92 Å². The Bertz CT molecular complexity index is 870. The predicted octanol–water partition coefficient (Wildman–Crippen LogP) is 2.56. The maximum atomic E-state index is 13.1. The van der Waals surface area contributed by atoms with Crippen molar-refractivity contribution in [2.75, 3.05) is 13.2 Å². The number of allylic oxidation sites excluding steroid dienone is 1. The lowest BCUT2D eigenvalue weighted by molar-refractivity contribution is -0.127. The molecule has 0 radical (unpaired) electrons. The number of nitrogens with one attached hydrogen (secondary N) is 1. The van der Waals surface area contributed by atoms with E-state index in [-0.39, 0.29) is 30.4 Å². The molecule has 3 unspecified atom stereocenters. The van der Waals surface area contributed by atoms with Gasteiger partial charge in [-0.2, -0.15) is 0 Å². The van der Waals surface area contributed by atoms with Crippen LogP contribution in [0.4, 0.5) is 0 Å². The molecule has 6 nitrogen and oxygen atoms in total. The SMILES string of the molecule is CC1OC2=C(C=C(C(=O)NC3CCOCC3)CC2(C)C(N)=O)C1c1ccccc1. The van der Waals surface area contributed by atoms with E-state index in [2.05, 4.69) is 5.32 Å². The summed E-state index contributed by atoms with van der Waals surface area (Å²) in [6.45, 7) is 5.08. The van der Waals surface area contributed by atoms with Crippen LogP contribution in [0.2, 0.25) is 0 Å². The van der Waals surface area contributed by atoms with Gasteiger partial charge >= 0.3 is 0 Å². The minimum Gasteiger partial charge on any atom is -0.493 e. The molecule has 0 spiro atoms. The molecule has 1 fully saturated rings. The predicted molar refractivity (Wildman–Crippen MR) is 109 cm³/mol. The van der Waals surface area contributed by atoms with Crippen LogP contribution in [0.25, 0.3) is 0 Å². The van der Waals surface area contributed by atoms with Gasteiger partial charge in [-0.05, 0) is 44.7 Å². The number of rotatable bonds is 4. The molecule has 3 atom stereocenters. The van der Waals surface area contributed by atoms with Crippen LogP contribution < -0.4 is 11.1 Å². The molecule has 2 aliphatic heterocycles. The fourth-order valence-electron chi connectivity index (χ4n) is 4.60. The first kappa shape index (κ1) is 19.7. The summed E-state index contributed by atoms with van der Waals surface area (Å²) in [7, 11) is 0. The highest BCUT2D eigenvalue weighted by Crippen LogP contribution is 2.51. The number of primary amides is 1. The summed E-state index contributed by atoms with van der Waals surface area (Å²) in [5.74, 6) is -0.0531. The van der Waals surface area contributed by atoms with Gasteiger partial charge in [0.05, 0.1) is 0 Å². The summed E-state index contributed by atoms with van der Waals surface area (Å²) in [5.41, 5.74) is 7.33. The van der Waals surface area contributed by atoms with Crippen LogP contribution in [0.1, 0.15) is 44.6 Å². The number of carbonyl (C=O) groups excluding carboxylic acids is 2. The van der Waals surface area contributed by atoms with E-state index in [0.717, 1.165) is 24.0 Å². The number of amides is 2. The van der Waals surface area contributed by atoms with E-state index in [9.17, 15) is 9.59 Å². The normalized spacial score (nSPS) is 29.7. The molecule has 3 N–H and O–H groups in total. The third-order valence-corrected chi connectivity index (χ3v) is 6.30. The Morgan fingerprint density at radius 3 is 2.52 bits per heavy atom. The van der Waals surface area contributed by atoms with Gasteiger partial charge in [-0.25, -0.2) is 0 Å². The average Bonchev–Trinajstić information content (AvgIpc) is 3.06. The lowest BCUT2D eigenvalue weighted by Crippen LogP contribution is -2.43. The van der Waals surface area contributed by atoms with Crippen LogP contribution in [0.15, 0.2) is 53.3 Å². The third-order valence-electron chi connectivity index (χ3n) is 6.30. The summed E-state index contributed by atoms with van der Waals surface area (Å²) < 4.78 is 11.5. The highest BCUT2D eigenvalue weighted by atomic mass is 16.5. The minimum absolute atomic E-state index is 0.0453. The second-order valence-electron chi connectivity index (χ2n) is 8.40. The fourth-order valence-corrected chi connectivity index (χ4v) is 4.60. The Kier molecular flexibility index (Phi) is 5.21. The average molecular weight is 396 g/mol. The van der Waals surface area contributed by atoms with Crippen molar-refractivity contribution in [3.8, 4) is 0 Å².